The van der Waals surface area contributed by atoms with E-state index >= 15 is 0 Å². The molecule has 3 rings (SSSR count). The molecule has 0 saturated heterocycles. The number of amides is 1. The Morgan fingerprint density at radius 2 is 1.70 bits per heavy atom. The van der Waals surface area contributed by atoms with Crippen molar-refractivity contribution in [3.05, 3.63) is 64.7 Å². The van der Waals surface area contributed by atoms with Crippen LogP contribution in [0.5, 0.6) is 5.75 Å². The van der Waals surface area contributed by atoms with Crippen LogP contribution in [0.25, 0.3) is 0 Å². The molecule has 1 fully saturated rings. The number of nitrogens with zero attached hydrogens (tertiary/aromatic N) is 1. The van der Waals surface area contributed by atoms with Crippen LogP contribution >= 0.6 is 11.6 Å². The maximum atomic E-state index is 12.7. The van der Waals surface area contributed by atoms with Gasteiger partial charge in [0, 0.05) is 17.6 Å². The minimum atomic E-state index is 0.172. The van der Waals surface area contributed by atoms with E-state index in [1.807, 2.05) is 53.4 Å². The van der Waals surface area contributed by atoms with E-state index in [0.29, 0.717) is 24.0 Å². The smallest absolute Gasteiger partial charge is 0.227 e. The van der Waals surface area contributed by atoms with Crippen molar-refractivity contribution in [3.63, 3.8) is 0 Å². The second-order valence-electron chi connectivity index (χ2n) is 5.90. The van der Waals surface area contributed by atoms with Gasteiger partial charge in [0.05, 0.1) is 13.5 Å². The second kappa shape index (κ2) is 7.05. The van der Waals surface area contributed by atoms with Gasteiger partial charge in [-0.1, -0.05) is 35.9 Å². The van der Waals surface area contributed by atoms with E-state index < -0.39 is 0 Å². The number of ether oxygens (including phenoxy) is 1. The Kier molecular flexibility index (Phi) is 4.87. The highest BCUT2D eigenvalue weighted by atomic mass is 35.5. The lowest BCUT2D eigenvalue weighted by Crippen LogP contribution is -2.33. The number of hydrogen-bond acceptors (Lipinski definition) is 2. The maximum Gasteiger partial charge on any atom is 0.227 e. The zero-order chi connectivity index (χ0) is 16.2. The first-order valence-corrected chi connectivity index (χ1v) is 8.20. The molecule has 1 saturated carbocycles. The van der Waals surface area contributed by atoms with Crippen molar-refractivity contribution >= 4 is 17.5 Å². The Labute approximate surface area is 141 Å². The van der Waals surface area contributed by atoms with E-state index in [-0.39, 0.29) is 5.91 Å². The highest BCUT2D eigenvalue weighted by Crippen LogP contribution is 2.29. The first kappa shape index (κ1) is 15.9. The van der Waals surface area contributed by atoms with Crippen LogP contribution in [-0.2, 0) is 17.8 Å². The Morgan fingerprint density at radius 1 is 1.09 bits per heavy atom. The van der Waals surface area contributed by atoms with Crippen LogP contribution in [0.15, 0.2) is 48.5 Å². The molecule has 0 unspecified atom stereocenters. The van der Waals surface area contributed by atoms with Crippen molar-refractivity contribution in [3.8, 4) is 5.75 Å². The third kappa shape index (κ3) is 4.26. The third-order valence-corrected chi connectivity index (χ3v) is 4.34. The lowest BCUT2D eigenvalue weighted by Gasteiger charge is -2.23. The Morgan fingerprint density at radius 3 is 2.26 bits per heavy atom. The van der Waals surface area contributed by atoms with Crippen molar-refractivity contribution < 1.29 is 9.53 Å². The van der Waals surface area contributed by atoms with Crippen molar-refractivity contribution in [1.82, 2.24) is 4.90 Å². The average Bonchev–Trinajstić information content (AvgIpc) is 3.40. The summed E-state index contributed by atoms with van der Waals surface area (Å²) in [6, 6.07) is 15.8. The van der Waals surface area contributed by atoms with Crippen molar-refractivity contribution in [2.75, 3.05) is 7.11 Å². The van der Waals surface area contributed by atoms with E-state index in [1.54, 1.807) is 7.11 Å². The average molecular weight is 330 g/mol. The molecule has 0 bridgehead atoms. The summed E-state index contributed by atoms with van der Waals surface area (Å²) in [7, 11) is 1.65. The molecule has 0 aliphatic heterocycles. The molecule has 0 heterocycles. The highest BCUT2D eigenvalue weighted by Gasteiger charge is 2.32. The fourth-order valence-electron chi connectivity index (χ4n) is 2.61. The summed E-state index contributed by atoms with van der Waals surface area (Å²) in [5.41, 5.74) is 2.13. The molecule has 0 N–H and O–H groups in total. The van der Waals surface area contributed by atoms with Gasteiger partial charge in [-0.25, -0.2) is 0 Å². The second-order valence-corrected chi connectivity index (χ2v) is 6.34. The van der Waals surface area contributed by atoms with Gasteiger partial charge in [0.1, 0.15) is 5.75 Å². The van der Waals surface area contributed by atoms with Crippen molar-refractivity contribution in [2.45, 2.75) is 31.8 Å². The Bertz CT molecular complexity index is 663. The van der Waals surface area contributed by atoms with Crippen LogP contribution in [0.3, 0.4) is 0 Å². The van der Waals surface area contributed by atoms with Crippen LogP contribution < -0.4 is 4.74 Å². The largest absolute Gasteiger partial charge is 0.497 e. The van der Waals surface area contributed by atoms with E-state index in [4.69, 9.17) is 16.3 Å². The van der Waals surface area contributed by atoms with Crippen molar-refractivity contribution in [1.29, 1.82) is 0 Å². The summed E-state index contributed by atoms with van der Waals surface area (Å²) < 4.78 is 5.18. The number of halogens is 1. The van der Waals surface area contributed by atoms with Crippen LogP contribution in [0.2, 0.25) is 5.02 Å². The maximum absolute atomic E-state index is 12.7. The summed E-state index contributed by atoms with van der Waals surface area (Å²) in [6.07, 6.45) is 2.62. The molecule has 4 heteroatoms. The molecular weight excluding hydrogens is 310 g/mol. The number of rotatable bonds is 6. The minimum Gasteiger partial charge on any atom is -0.497 e. The van der Waals surface area contributed by atoms with Gasteiger partial charge >= 0.3 is 0 Å². The van der Waals surface area contributed by atoms with E-state index in [2.05, 4.69) is 0 Å². The van der Waals surface area contributed by atoms with Gasteiger partial charge in [0.2, 0.25) is 5.91 Å². The summed E-state index contributed by atoms with van der Waals surface area (Å²) in [5.74, 6) is 1.00. The van der Waals surface area contributed by atoms with Crippen molar-refractivity contribution in [2.24, 2.45) is 0 Å². The summed E-state index contributed by atoms with van der Waals surface area (Å²) in [6.45, 7) is 0.654. The zero-order valence-corrected chi connectivity index (χ0v) is 13.9. The summed E-state index contributed by atoms with van der Waals surface area (Å²) in [5, 5.41) is 0.693. The van der Waals surface area contributed by atoms with Gasteiger partial charge in [-0.05, 0) is 48.2 Å². The lowest BCUT2D eigenvalue weighted by atomic mass is 10.1. The predicted molar refractivity (Wildman–Crippen MR) is 91.7 cm³/mol. The van der Waals surface area contributed by atoms with Gasteiger partial charge in [0.25, 0.3) is 0 Å². The molecule has 0 spiro atoms. The number of carbonyl (C=O) groups is 1. The van der Waals surface area contributed by atoms with E-state index in [9.17, 15) is 4.79 Å². The number of hydrogen-bond donors (Lipinski definition) is 0. The SMILES string of the molecule is COc1ccc(CN(C(=O)Cc2ccc(Cl)cc2)C2CC2)cc1. The normalized spacial score (nSPS) is 13.7. The molecular formula is C19H20ClNO2. The van der Waals surface area contributed by atoms with Crippen LogP contribution in [0, 0.1) is 0 Å². The topological polar surface area (TPSA) is 29.5 Å². The molecule has 0 radical (unpaired) electrons. The predicted octanol–water partition coefficient (Wildman–Crippen LogP) is 4.08. The first-order chi connectivity index (χ1) is 11.2. The fourth-order valence-corrected chi connectivity index (χ4v) is 2.74. The van der Waals surface area contributed by atoms with Gasteiger partial charge in [-0.3, -0.25) is 4.79 Å². The summed E-state index contributed by atoms with van der Waals surface area (Å²) >= 11 is 5.90. The molecule has 1 amide bonds. The molecule has 120 valence electrons. The van der Waals surface area contributed by atoms with Gasteiger partial charge in [0.15, 0.2) is 0 Å². The van der Waals surface area contributed by atoms with Crippen LogP contribution in [-0.4, -0.2) is 24.0 Å². The number of methoxy groups -OCH3 is 1. The molecule has 0 atom stereocenters. The van der Waals surface area contributed by atoms with Gasteiger partial charge < -0.3 is 9.64 Å². The molecule has 23 heavy (non-hydrogen) atoms. The molecule has 3 nitrogen and oxygen atoms in total. The Hall–Kier alpha value is -2.00. The highest BCUT2D eigenvalue weighted by molar-refractivity contribution is 6.30. The van der Waals surface area contributed by atoms with E-state index in [1.165, 1.54) is 0 Å². The van der Waals surface area contributed by atoms with Gasteiger partial charge in [-0.15, -0.1) is 0 Å². The molecule has 2 aromatic rings. The molecule has 1 aliphatic carbocycles. The fraction of sp³-hybridized carbons (Fsp3) is 0.316. The summed E-state index contributed by atoms with van der Waals surface area (Å²) in [4.78, 5) is 14.7. The quantitative estimate of drug-likeness (QED) is 0.799. The van der Waals surface area contributed by atoms with Crippen LogP contribution in [0.4, 0.5) is 0 Å². The third-order valence-electron chi connectivity index (χ3n) is 4.09. The molecule has 2 aromatic carbocycles. The monoisotopic (exact) mass is 329 g/mol. The zero-order valence-electron chi connectivity index (χ0n) is 13.2. The minimum absolute atomic E-state index is 0.172. The standard InChI is InChI=1S/C19H20ClNO2/c1-23-18-10-4-15(5-11-18)13-21(17-8-9-17)19(22)12-14-2-6-16(20)7-3-14/h2-7,10-11,17H,8-9,12-13H2,1H3. The van der Waals surface area contributed by atoms with Crippen LogP contribution in [0.1, 0.15) is 24.0 Å². The molecule has 1 aliphatic rings. The lowest BCUT2D eigenvalue weighted by molar-refractivity contribution is -0.131. The van der Waals surface area contributed by atoms with E-state index in [0.717, 1.165) is 29.7 Å². The Balaban J connectivity index is 1.67. The number of carbonyl (C=O) groups excluding carboxylic acids is 1. The number of benzene rings is 2. The molecule has 0 aromatic heterocycles. The first-order valence-electron chi connectivity index (χ1n) is 7.82. The van der Waals surface area contributed by atoms with Gasteiger partial charge in [-0.2, -0.15) is 0 Å².